The lowest BCUT2D eigenvalue weighted by Gasteiger charge is -2.33. The Labute approximate surface area is 98.3 Å². The summed E-state index contributed by atoms with van der Waals surface area (Å²) in [5, 5.41) is 9.38. The quantitative estimate of drug-likeness (QED) is 0.861. The summed E-state index contributed by atoms with van der Waals surface area (Å²) in [4.78, 5) is 11.5. The van der Waals surface area contributed by atoms with Crippen LogP contribution >= 0.6 is 0 Å². The first-order chi connectivity index (χ1) is 8.06. The van der Waals surface area contributed by atoms with E-state index in [0.29, 0.717) is 12.8 Å². The minimum absolute atomic E-state index is 0.117. The van der Waals surface area contributed by atoms with Gasteiger partial charge in [-0.2, -0.15) is 0 Å². The van der Waals surface area contributed by atoms with E-state index in [9.17, 15) is 18.7 Å². The smallest absolute Gasteiger partial charge is 0.314 e. The number of carboxylic acid groups (broad SMARTS) is 1. The van der Waals surface area contributed by atoms with Crippen molar-refractivity contribution in [3.63, 3.8) is 0 Å². The van der Waals surface area contributed by atoms with Gasteiger partial charge in [0.2, 0.25) is 0 Å². The molecule has 0 unspecified atom stereocenters. The number of aliphatic carboxylic acids is 1. The van der Waals surface area contributed by atoms with Crippen LogP contribution in [0.5, 0.6) is 0 Å². The van der Waals surface area contributed by atoms with Gasteiger partial charge in [-0.3, -0.25) is 4.79 Å². The van der Waals surface area contributed by atoms with Crippen LogP contribution in [0.1, 0.15) is 37.7 Å². The first-order valence-corrected chi connectivity index (χ1v) is 5.75. The second-order valence-corrected chi connectivity index (χ2v) is 4.57. The Morgan fingerprint density at radius 3 is 2.35 bits per heavy atom. The van der Waals surface area contributed by atoms with Gasteiger partial charge in [0, 0.05) is 11.6 Å². The lowest BCUT2D eigenvalue weighted by Crippen LogP contribution is -2.38. The largest absolute Gasteiger partial charge is 0.481 e. The van der Waals surface area contributed by atoms with Crippen molar-refractivity contribution in [2.75, 3.05) is 0 Å². The molecule has 0 spiro atoms. The van der Waals surface area contributed by atoms with Gasteiger partial charge in [-0.05, 0) is 18.9 Å². The molecule has 0 aromatic heterocycles. The highest BCUT2D eigenvalue weighted by molar-refractivity contribution is 5.81. The molecule has 1 saturated carbocycles. The summed E-state index contributed by atoms with van der Waals surface area (Å²) in [7, 11) is 0. The molecule has 1 aliphatic carbocycles. The standard InChI is InChI=1S/C13H14F2O2/c14-9-4-5-10(11(15)8-9)13(12(16)17)6-2-1-3-7-13/h4-5,8H,1-3,6-7H2,(H,16,17). The van der Waals surface area contributed by atoms with Crippen LogP contribution in [-0.2, 0) is 10.2 Å². The Balaban J connectivity index is 2.49. The van der Waals surface area contributed by atoms with E-state index >= 15 is 0 Å². The fraction of sp³-hybridized carbons (Fsp3) is 0.462. The predicted molar refractivity (Wildman–Crippen MR) is 58.8 cm³/mol. The zero-order valence-corrected chi connectivity index (χ0v) is 9.38. The number of hydrogen-bond donors (Lipinski definition) is 1. The molecule has 2 nitrogen and oxygen atoms in total. The average Bonchev–Trinajstić information content (AvgIpc) is 2.29. The average molecular weight is 240 g/mol. The van der Waals surface area contributed by atoms with Crippen molar-refractivity contribution < 1.29 is 18.7 Å². The van der Waals surface area contributed by atoms with Gasteiger partial charge in [0.1, 0.15) is 11.6 Å². The Morgan fingerprint density at radius 1 is 1.18 bits per heavy atom. The Kier molecular flexibility index (Phi) is 3.13. The van der Waals surface area contributed by atoms with Gasteiger partial charge in [-0.25, -0.2) is 8.78 Å². The summed E-state index contributed by atoms with van der Waals surface area (Å²) in [6.45, 7) is 0. The van der Waals surface area contributed by atoms with E-state index in [1.165, 1.54) is 6.07 Å². The maximum Gasteiger partial charge on any atom is 0.314 e. The van der Waals surface area contributed by atoms with Crippen LogP contribution in [0.3, 0.4) is 0 Å². The number of benzene rings is 1. The maximum absolute atomic E-state index is 13.7. The molecule has 1 aromatic rings. The molecule has 92 valence electrons. The van der Waals surface area contributed by atoms with E-state index in [-0.39, 0.29) is 5.56 Å². The SMILES string of the molecule is O=C(O)C1(c2ccc(F)cc2F)CCCCC1. The molecule has 1 aliphatic rings. The van der Waals surface area contributed by atoms with E-state index < -0.39 is 23.0 Å². The minimum Gasteiger partial charge on any atom is -0.481 e. The Hall–Kier alpha value is -1.45. The van der Waals surface area contributed by atoms with Crippen LogP contribution in [0.2, 0.25) is 0 Å². The fourth-order valence-corrected chi connectivity index (χ4v) is 2.63. The van der Waals surface area contributed by atoms with E-state index in [0.717, 1.165) is 31.4 Å². The first kappa shape index (κ1) is 12.0. The van der Waals surface area contributed by atoms with E-state index in [1.807, 2.05) is 0 Å². The van der Waals surface area contributed by atoms with Gasteiger partial charge < -0.3 is 5.11 Å². The van der Waals surface area contributed by atoms with Crippen LogP contribution in [0, 0.1) is 11.6 Å². The van der Waals surface area contributed by atoms with Gasteiger partial charge in [-0.15, -0.1) is 0 Å². The summed E-state index contributed by atoms with van der Waals surface area (Å²) < 4.78 is 26.6. The molecule has 0 heterocycles. The van der Waals surface area contributed by atoms with E-state index in [1.54, 1.807) is 0 Å². The molecule has 1 aromatic carbocycles. The monoisotopic (exact) mass is 240 g/mol. The lowest BCUT2D eigenvalue weighted by molar-refractivity contribution is -0.145. The normalized spacial score (nSPS) is 18.9. The van der Waals surface area contributed by atoms with Crippen molar-refractivity contribution in [1.29, 1.82) is 0 Å². The summed E-state index contributed by atoms with van der Waals surface area (Å²) in [5.41, 5.74) is -1.05. The lowest BCUT2D eigenvalue weighted by atomic mass is 9.69. The fourth-order valence-electron chi connectivity index (χ4n) is 2.63. The molecule has 0 atom stereocenters. The highest BCUT2D eigenvalue weighted by Gasteiger charge is 2.43. The van der Waals surface area contributed by atoms with Crippen LogP contribution in [0.15, 0.2) is 18.2 Å². The number of halogens is 2. The van der Waals surface area contributed by atoms with Gasteiger partial charge >= 0.3 is 5.97 Å². The minimum atomic E-state index is -1.17. The topological polar surface area (TPSA) is 37.3 Å². The third kappa shape index (κ3) is 2.04. The van der Waals surface area contributed by atoms with Crippen LogP contribution in [0.25, 0.3) is 0 Å². The second kappa shape index (κ2) is 4.43. The molecule has 0 saturated heterocycles. The van der Waals surface area contributed by atoms with Crippen LogP contribution in [-0.4, -0.2) is 11.1 Å². The first-order valence-electron chi connectivity index (χ1n) is 5.75. The van der Waals surface area contributed by atoms with Crippen molar-refractivity contribution >= 4 is 5.97 Å². The zero-order chi connectivity index (χ0) is 12.5. The molecule has 1 fully saturated rings. The number of rotatable bonds is 2. The molecule has 17 heavy (non-hydrogen) atoms. The van der Waals surface area contributed by atoms with E-state index in [2.05, 4.69) is 0 Å². The van der Waals surface area contributed by atoms with Crippen LogP contribution in [0.4, 0.5) is 8.78 Å². The molecule has 0 aliphatic heterocycles. The van der Waals surface area contributed by atoms with Crippen LogP contribution < -0.4 is 0 Å². The molecule has 1 N–H and O–H groups in total. The van der Waals surface area contributed by atoms with Crippen molar-refractivity contribution in [1.82, 2.24) is 0 Å². The van der Waals surface area contributed by atoms with Crippen molar-refractivity contribution in [3.05, 3.63) is 35.4 Å². The van der Waals surface area contributed by atoms with Crippen molar-refractivity contribution in [2.24, 2.45) is 0 Å². The molecule has 0 radical (unpaired) electrons. The summed E-state index contributed by atoms with van der Waals surface area (Å²) in [6, 6.07) is 3.15. The van der Waals surface area contributed by atoms with Gasteiger partial charge in [0.25, 0.3) is 0 Å². The summed E-state index contributed by atoms with van der Waals surface area (Å²) in [5.74, 6) is -2.44. The predicted octanol–water partition coefficient (Wildman–Crippen LogP) is 3.25. The van der Waals surface area contributed by atoms with Gasteiger partial charge in [0.05, 0.1) is 5.41 Å². The second-order valence-electron chi connectivity index (χ2n) is 4.57. The third-order valence-electron chi connectivity index (χ3n) is 3.56. The zero-order valence-electron chi connectivity index (χ0n) is 9.38. The Morgan fingerprint density at radius 2 is 1.82 bits per heavy atom. The van der Waals surface area contributed by atoms with Gasteiger partial charge in [0.15, 0.2) is 0 Å². The molecule has 4 heteroatoms. The Bertz CT molecular complexity index is 437. The van der Waals surface area contributed by atoms with Crippen molar-refractivity contribution in [2.45, 2.75) is 37.5 Å². The summed E-state index contributed by atoms with van der Waals surface area (Å²) in [6.07, 6.45) is 3.35. The molecular weight excluding hydrogens is 226 g/mol. The molecule has 0 bridgehead atoms. The highest BCUT2D eigenvalue weighted by Crippen LogP contribution is 2.40. The molecule has 0 amide bonds. The van der Waals surface area contributed by atoms with Crippen molar-refractivity contribution in [3.8, 4) is 0 Å². The van der Waals surface area contributed by atoms with E-state index in [4.69, 9.17) is 0 Å². The number of hydrogen-bond acceptors (Lipinski definition) is 1. The third-order valence-corrected chi connectivity index (χ3v) is 3.56. The number of carboxylic acids is 1. The molecule has 2 rings (SSSR count). The highest BCUT2D eigenvalue weighted by atomic mass is 19.1. The molecular formula is C13H14F2O2. The summed E-state index contributed by atoms with van der Waals surface area (Å²) >= 11 is 0. The van der Waals surface area contributed by atoms with Gasteiger partial charge in [-0.1, -0.05) is 25.3 Å². The number of carbonyl (C=O) groups is 1. The maximum atomic E-state index is 13.7.